The molecule has 2 aromatic rings. The lowest BCUT2D eigenvalue weighted by Gasteiger charge is -2.32. The summed E-state index contributed by atoms with van der Waals surface area (Å²) < 4.78 is 0. The minimum absolute atomic E-state index is 0.0964. The number of carbonyl (C=O) groups excluding carboxylic acids is 2. The van der Waals surface area contributed by atoms with Gasteiger partial charge in [0.1, 0.15) is 11.4 Å². The summed E-state index contributed by atoms with van der Waals surface area (Å²) in [5.74, 6) is -0.417. The average molecular weight is 324 g/mol. The highest BCUT2D eigenvalue weighted by atomic mass is 16.2. The maximum Gasteiger partial charge on any atom is 0.270 e. The molecular weight excluding hydrogens is 304 g/mol. The minimum atomic E-state index is -0.209. The van der Waals surface area contributed by atoms with Gasteiger partial charge in [-0.3, -0.25) is 19.6 Å². The van der Waals surface area contributed by atoms with Gasteiger partial charge in [-0.1, -0.05) is 25.0 Å². The smallest absolute Gasteiger partial charge is 0.270 e. The highest BCUT2D eigenvalue weighted by molar-refractivity contribution is 5.93. The van der Waals surface area contributed by atoms with Gasteiger partial charge >= 0.3 is 0 Å². The molecule has 0 radical (unpaired) electrons. The molecule has 2 N–H and O–H groups in total. The largest absolute Gasteiger partial charge is 0.346 e. The second kappa shape index (κ2) is 7.68. The van der Waals surface area contributed by atoms with E-state index in [2.05, 4.69) is 20.6 Å². The fourth-order valence-corrected chi connectivity index (χ4v) is 2.96. The summed E-state index contributed by atoms with van der Waals surface area (Å²) in [6, 6.07) is 10.3. The van der Waals surface area contributed by atoms with E-state index in [-0.39, 0.29) is 23.9 Å². The van der Waals surface area contributed by atoms with Crippen LogP contribution < -0.4 is 10.6 Å². The van der Waals surface area contributed by atoms with Crippen LogP contribution in [0.15, 0.2) is 48.8 Å². The van der Waals surface area contributed by atoms with Crippen LogP contribution in [0.3, 0.4) is 0 Å². The van der Waals surface area contributed by atoms with E-state index in [1.807, 2.05) is 0 Å². The van der Waals surface area contributed by atoms with Crippen LogP contribution in [-0.2, 0) is 0 Å². The molecule has 2 aromatic heterocycles. The first-order chi connectivity index (χ1) is 11.7. The van der Waals surface area contributed by atoms with E-state index >= 15 is 0 Å². The van der Waals surface area contributed by atoms with E-state index in [4.69, 9.17) is 0 Å². The van der Waals surface area contributed by atoms with Crippen LogP contribution in [-0.4, -0.2) is 33.9 Å². The molecule has 1 saturated carbocycles. The fraction of sp³-hybridized carbons (Fsp3) is 0.333. The van der Waals surface area contributed by atoms with Gasteiger partial charge in [-0.2, -0.15) is 0 Å². The Balaban J connectivity index is 1.65. The number of hydrogen-bond donors (Lipinski definition) is 2. The SMILES string of the molecule is O=C(N[C@H]1CCCC[C@@H]1NC(=O)c1ccccn1)c1ccccn1. The second-order valence-electron chi connectivity index (χ2n) is 5.87. The first kappa shape index (κ1) is 16.1. The van der Waals surface area contributed by atoms with Crippen LogP contribution >= 0.6 is 0 Å². The Labute approximate surface area is 140 Å². The van der Waals surface area contributed by atoms with Gasteiger partial charge in [-0.25, -0.2) is 0 Å². The number of aromatic nitrogens is 2. The Bertz CT molecular complexity index is 629. The minimum Gasteiger partial charge on any atom is -0.346 e. The van der Waals surface area contributed by atoms with Crippen LogP contribution in [0, 0.1) is 0 Å². The van der Waals surface area contributed by atoms with Crippen molar-refractivity contribution in [1.29, 1.82) is 0 Å². The Morgan fingerprint density at radius 3 is 1.62 bits per heavy atom. The van der Waals surface area contributed by atoms with Crippen molar-refractivity contribution in [2.45, 2.75) is 37.8 Å². The molecule has 124 valence electrons. The van der Waals surface area contributed by atoms with Gasteiger partial charge in [-0.05, 0) is 37.1 Å². The number of nitrogens with one attached hydrogen (secondary N) is 2. The molecule has 1 aliphatic rings. The summed E-state index contributed by atoms with van der Waals surface area (Å²) in [5.41, 5.74) is 0.774. The third-order valence-electron chi connectivity index (χ3n) is 4.19. The normalized spacial score (nSPS) is 20.2. The standard InChI is InChI=1S/C18H20N4O2/c23-17(15-9-3-5-11-19-15)21-13-7-1-2-8-14(13)22-18(24)16-10-4-6-12-20-16/h3-6,9-14H,1-2,7-8H2,(H,21,23)(H,22,24)/t13-,14-/m0/s1. The summed E-state index contributed by atoms with van der Waals surface area (Å²) in [6.07, 6.45) is 6.93. The Hall–Kier alpha value is -2.76. The van der Waals surface area contributed by atoms with E-state index in [9.17, 15) is 9.59 Å². The summed E-state index contributed by atoms with van der Waals surface area (Å²) in [6.45, 7) is 0. The van der Waals surface area contributed by atoms with Crippen LogP contribution in [0.4, 0.5) is 0 Å². The van der Waals surface area contributed by atoms with Crippen molar-refractivity contribution >= 4 is 11.8 Å². The third-order valence-corrected chi connectivity index (χ3v) is 4.19. The van der Waals surface area contributed by atoms with E-state index < -0.39 is 0 Å². The van der Waals surface area contributed by atoms with Gasteiger partial charge in [0.25, 0.3) is 11.8 Å². The highest BCUT2D eigenvalue weighted by Gasteiger charge is 2.28. The number of carbonyl (C=O) groups is 2. The first-order valence-electron chi connectivity index (χ1n) is 8.18. The maximum atomic E-state index is 12.3. The van der Waals surface area contributed by atoms with Gasteiger partial charge in [0, 0.05) is 24.5 Å². The van der Waals surface area contributed by atoms with Gasteiger partial charge in [0.2, 0.25) is 0 Å². The quantitative estimate of drug-likeness (QED) is 0.900. The average Bonchev–Trinajstić information content (AvgIpc) is 2.64. The maximum absolute atomic E-state index is 12.3. The van der Waals surface area contributed by atoms with Gasteiger partial charge in [0.15, 0.2) is 0 Å². The molecule has 2 atom stereocenters. The number of nitrogens with zero attached hydrogens (tertiary/aromatic N) is 2. The Kier molecular flexibility index (Phi) is 5.15. The molecule has 0 unspecified atom stereocenters. The molecule has 24 heavy (non-hydrogen) atoms. The van der Waals surface area contributed by atoms with Crippen LogP contribution in [0.2, 0.25) is 0 Å². The lowest BCUT2D eigenvalue weighted by molar-refractivity contribution is 0.0857. The summed E-state index contributed by atoms with van der Waals surface area (Å²) >= 11 is 0. The predicted molar refractivity (Wildman–Crippen MR) is 89.5 cm³/mol. The van der Waals surface area contributed by atoms with E-state index in [1.54, 1.807) is 48.8 Å². The van der Waals surface area contributed by atoms with Crippen LogP contribution in [0.1, 0.15) is 46.7 Å². The zero-order chi connectivity index (χ0) is 16.8. The lowest BCUT2D eigenvalue weighted by Crippen LogP contribution is -2.53. The molecule has 0 bridgehead atoms. The zero-order valence-corrected chi connectivity index (χ0v) is 13.3. The molecule has 1 aliphatic carbocycles. The van der Waals surface area contributed by atoms with Crippen LogP contribution in [0.25, 0.3) is 0 Å². The van der Waals surface area contributed by atoms with Crippen molar-refractivity contribution in [2.75, 3.05) is 0 Å². The van der Waals surface area contributed by atoms with Crippen molar-refractivity contribution in [3.8, 4) is 0 Å². The molecule has 0 saturated heterocycles. The van der Waals surface area contributed by atoms with E-state index in [0.29, 0.717) is 11.4 Å². The highest BCUT2D eigenvalue weighted by Crippen LogP contribution is 2.19. The molecule has 0 spiro atoms. The predicted octanol–water partition coefficient (Wildman–Crippen LogP) is 1.95. The van der Waals surface area contributed by atoms with Crippen LogP contribution in [0.5, 0.6) is 0 Å². The fourth-order valence-electron chi connectivity index (χ4n) is 2.96. The summed E-state index contributed by atoms with van der Waals surface area (Å²) in [5, 5.41) is 6.01. The zero-order valence-electron chi connectivity index (χ0n) is 13.3. The molecule has 0 aliphatic heterocycles. The molecule has 0 aromatic carbocycles. The molecule has 2 heterocycles. The molecule has 3 rings (SSSR count). The van der Waals surface area contributed by atoms with Crippen molar-refractivity contribution in [3.05, 3.63) is 60.2 Å². The van der Waals surface area contributed by atoms with Crippen molar-refractivity contribution in [2.24, 2.45) is 0 Å². The number of hydrogen-bond acceptors (Lipinski definition) is 4. The van der Waals surface area contributed by atoms with Crippen molar-refractivity contribution in [1.82, 2.24) is 20.6 Å². The molecular formula is C18H20N4O2. The monoisotopic (exact) mass is 324 g/mol. The lowest BCUT2D eigenvalue weighted by atomic mass is 9.90. The molecule has 1 fully saturated rings. The molecule has 2 amide bonds. The first-order valence-corrected chi connectivity index (χ1v) is 8.18. The molecule has 6 nitrogen and oxygen atoms in total. The Morgan fingerprint density at radius 2 is 1.25 bits per heavy atom. The topological polar surface area (TPSA) is 84.0 Å². The van der Waals surface area contributed by atoms with Crippen molar-refractivity contribution in [3.63, 3.8) is 0 Å². The van der Waals surface area contributed by atoms with E-state index in [1.165, 1.54) is 0 Å². The third kappa shape index (κ3) is 3.95. The second-order valence-corrected chi connectivity index (χ2v) is 5.87. The Morgan fingerprint density at radius 1 is 0.792 bits per heavy atom. The molecule has 6 heteroatoms. The van der Waals surface area contributed by atoms with Gasteiger partial charge in [-0.15, -0.1) is 0 Å². The van der Waals surface area contributed by atoms with Gasteiger partial charge in [0.05, 0.1) is 0 Å². The van der Waals surface area contributed by atoms with Crippen molar-refractivity contribution < 1.29 is 9.59 Å². The van der Waals surface area contributed by atoms with E-state index in [0.717, 1.165) is 25.7 Å². The van der Waals surface area contributed by atoms with Gasteiger partial charge < -0.3 is 10.6 Å². The number of pyridine rings is 2. The summed E-state index contributed by atoms with van der Waals surface area (Å²) in [7, 11) is 0. The number of amides is 2. The number of rotatable bonds is 4. The summed E-state index contributed by atoms with van der Waals surface area (Å²) in [4.78, 5) is 32.8.